The molecule has 0 radical (unpaired) electrons. The molecule has 3 aromatic rings. The van der Waals surface area contributed by atoms with Gasteiger partial charge in [0.25, 0.3) is 0 Å². The first-order chi connectivity index (χ1) is 10.7. The number of nitrogens with zero attached hydrogens (tertiary/aromatic N) is 2. The summed E-state index contributed by atoms with van der Waals surface area (Å²) in [7, 11) is 1.39. The van der Waals surface area contributed by atoms with Gasteiger partial charge in [0, 0.05) is 5.69 Å². The van der Waals surface area contributed by atoms with Gasteiger partial charge in [0.15, 0.2) is 11.6 Å². The second-order valence-corrected chi connectivity index (χ2v) is 4.72. The number of carbonyl (C=O) groups excluding carboxylic acids is 1. The van der Waals surface area contributed by atoms with Crippen LogP contribution in [0, 0.1) is 5.82 Å². The van der Waals surface area contributed by atoms with Gasteiger partial charge in [-0.15, -0.1) is 0 Å². The lowest BCUT2D eigenvalue weighted by Crippen LogP contribution is -2.14. The largest absolute Gasteiger partial charge is 0.494 e. The maximum absolute atomic E-state index is 13.6. The topological polar surface area (TPSA) is 79.9 Å². The van der Waals surface area contributed by atoms with Crippen LogP contribution < -0.4 is 10.1 Å². The molecule has 0 saturated carbocycles. The van der Waals surface area contributed by atoms with E-state index in [0.717, 1.165) is 5.52 Å². The summed E-state index contributed by atoms with van der Waals surface area (Å²) < 4.78 is 18.4. The Morgan fingerprint density at radius 3 is 2.82 bits per heavy atom. The van der Waals surface area contributed by atoms with Crippen LogP contribution >= 0.6 is 0 Å². The van der Waals surface area contributed by atoms with Crippen molar-refractivity contribution in [3.63, 3.8) is 0 Å². The molecule has 0 fully saturated rings. The molecule has 1 heterocycles. The SMILES string of the molecule is COc1ccc(CC(=O)Nc2ccc3n[nH]nc3c2)cc1F. The lowest BCUT2D eigenvalue weighted by molar-refractivity contribution is -0.115. The molecule has 0 atom stereocenters. The number of benzene rings is 2. The predicted octanol–water partition coefficient (Wildman–Crippen LogP) is 2.29. The molecule has 7 heteroatoms. The van der Waals surface area contributed by atoms with Gasteiger partial charge in [-0.3, -0.25) is 4.79 Å². The quantitative estimate of drug-likeness (QED) is 0.774. The summed E-state index contributed by atoms with van der Waals surface area (Å²) in [4.78, 5) is 12.0. The number of methoxy groups -OCH3 is 1. The number of rotatable bonds is 4. The van der Waals surface area contributed by atoms with Gasteiger partial charge in [-0.2, -0.15) is 15.4 Å². The van der Waals surface area contributed by atoms with Gasteiger partial charge in [-0.1, -0.05) is 6.07 Å². The maximum Gasteiger partial charge on any atom is 0.228 e. The summed E-state index contributed by atoms with van der Waals surface area (Å²) >= 11 is 0. The minimum atomic E-state index is -0.489. The van der Waals surface area contributed by atoms with E-state index in [-0.39, 0.29) is 18.1 Å². The van der Waals surface area contributed by atoms with E-state index >= 15 is 0 Å². The zero-order valence-corrected chi connectivity index (χ0v) is 11.8. The molecule has 0 bridgehead atoms. The Hall–Kier alpha value is -2.96. The minimum absolute atomic E-state index is 0.0672. The number of hydrogen-bond donors (Lipinski definition) is 2. The maximum atomic E-state index is 13.6. The van der Waals surface area contributed by atoms with E-state index < -0.39 is 5.82 Å². The van der Waals surface area contributed by atoms with E-state index in [2.05, 4.69) is 20.7 Å². The lowest BCUT2D eigenvalue weighted by Gasteiger charge is -2.07. The van der Waals surface area contributed by atoms with Crippen LogP contribution in [0.25, 0.3) is 11.0 Å². The fourth-order valence-electron chi connectivity index (χ4n) is 2.13. The van der Waals surface area contributed by atoms with Crippen LogP contribution in [0.4, 0.5) is 10.1 Å². The molecule has 112 valence electrons. The van der Waals surface area contributed by atoms with E-state index in [9.17, 15) is 9.18 Å². The van der Waals surface area contributed by atoms with Crippen molar-refractivity contribution in [3.8, 4) is 5.75 Å². The summed E-state index contributed by atoms with van der Waals surface area (Å²) in [5.74, 6) is -0.579. The second kappa shape index (κ2) is 5.80. The van der Waals surface area contributed by atoms with Crippen LogP contribution in [-0.2, 0) is 11.2 Å². The fraction of sp³-hybridized carbons (Fsp3) is 0.133. The Morgan fingerprint density at radius 1 is 1.23 bits per heavy atom. The molecule has 6 nitrogen and oxygen atoms in total. The van der Waals surface area contributed by atoms with Crippen LogP contribution in [0.2, 0.25) is 0 Å². The van der Waals surface area contributed by atoms with Crippen LogP contribution in [0.5, 0.6) is 5.75 Å². The third-order valence-corrected chi connectivity index (χ3v) is 3.18. The molecule has 2 aromatic carbocycles. The molecule has 1 aromatic heterocycles. The third kappa shape index (κ3) is 2.88. The number of halogens is 1. The van der Waals surface area contributed by atoms with Gasteiger partial charge in [-0.25, -0.2) is 4.39 Å². The van der Waals surface area contributed by atoms with E-state index in [0.29, 0.717) is 16.8 Å². The van der Waals surface area contributed by atoms with Crippen molar-refractivity contribution >= 4 is 22.6 Å². The Balaban J connectivity index is 1.70. The number of fused-ring (bicyclic) bond motifs is 1. The number of aromatic nitrogens is 3. The second-order valence-electron chi connectivity index (χ2n) is 4.72. The van der Waals surface area contributed by atoms with Crippen molar-refractivity contribution in [2.24, 2.45) is 0 Å². The number of anilines is 1. The highest BCUT2D eigenvalue weighted by Gasteiger charge is 2.09. The van der Waals surface area contributed by atoms with Crippen LogP contribution in [-0.4, -0.2) is 28.4 Å². The summed E-state index contributed by atoms with van der Waals surface area (Å²) in [6.07, 6.45) is 0.0672. The van der Waals surface area contributed by atoms with Crippen molar-refractivity contribution in [2.45, 2.75) is 6.42 Å². The van der Waals surface area contributed by atoms with Crippen molar-refractivity contribution < 1.29 is 13.9 Å². The van der Waals surface area contributed by atoms with Gasteiger partial charge < -0.3 is 10.1 Å². The Bertz CT molecular complexity index is 831. The summed E-state index contributed by atoms with van der Waals surface area (Å²) in [5, 5.41) is 13.1. The van der Waals surface area contributed by atoms with E-state index in [1.54, 1.807) is 24.3 Å². The summed E-state index contributed by atoms with van der Waals surface area (Å²) in [5.41, 5.74) is 2.56. The van der Waals surface area contributed by atoms with Gasteiger partial charge >= 0.3 is 0 Å². The average Bonchev–Trinajstić information content (AvgIpc) is 2.95. The molecule has 3 rings (SSSR count). The lowest BCUT2D eigenvalue weighted by atomic mass is 10.1. The monoisotopic (exact) mass is 300 g/mol. The van der Waals surface area contributed by atoms with Crippen molar-refractivity contribution in [3.05, 3.63) is 47.8 Å². The number of ether oxygens (including phenoxy) is 1. The summed E-state index contributed by atoms with van der Waals surface area (Å²) in [6, 6.07) is 9.64. The van der Waals surface area contributed by atoms with Crippen molar-refractivity contribution in [1.29, 1.82) is 0 Å². The number of nitrogens with one attached hydrogen (secondary N) is 2. The molecular weight excluding hydrogens is 287 g/mol. The molecule has 0 unspecified atom stereocenters. The van der Waals surface area contributed by atoms with Gasteiger partial charge in [0.05, 0.1) is 13.5 Å². The van der Waals surface area contributed by atoms with Crippen LogP contribution in [0.1, 0.15) is 5.56 Å². The zero-order valence-electron chi connectivity index (χ0n) is 11.8. The molecular formula is C15H13FN4O2. The molecule has 0 saturated heterocycles. The first-order valence-corrected chi connectivity index (χ1v) is 6.58. The van der Waals surface area contributed by atoms with Gasteiger partial charge in [0.2, 0.25) is 5.91 Å². The number of carbonyl (C=O) groups is 1. The average molecular weight is 300 g/mol. The third-order valence-electron chi connectivity index (χ3n) is 3.18. The van der Waals surface area contributed by atoms with Crippen molar-refractivity contribution in [1.82, 2.24) is 15.4 Å². The number of amides is 1. The smallest absolute Gasteiger partial charge is 0.228 e. The molecule has 0 aliphatic heterocycles. The van der Waals surface area contributed by atoms with E-state index in [1.165, 1.54) is 19.2 Å². The van der Waals surface area contributed by atoms with E-state index in [4.69, 9.17) is 4.74 Å². The van der Waals surface area contributed by atoms with E-state index in [1.807, 2.05) is 0 Å². The molecule has 1 amide bonds. The summed E-state index contributed by atoms with van der Waals surface area (Å²) in [6.45, 7) is 0. The Morgan fingerprint density at radius 2 is 2.05 bits per heavy atom. The highest BCUT2D eigenvalue weighted by Crippen LogP contribution is 2.19. The fourth-order valence-corrected chi connectivity index (χ4v) is 2.13. The molecule has 0 aliphatic carbocycles. The minimum Gasteiger partial charge on any atom is -0.494 e. The normalized spacial score (nSPS) is 10.6. The number of H-pyrrole nitrogens is 1. The number of hydrogen-bond acceptors (Lipinski definition) is 4. The van der Waals surface area contributed by atoms with Crippen LogP contribution in [0.3, 0.4) is 0 Å². The number of aromatic amines is 1. The standard InChI is InChI=1S/C15H13FN4O2/c1-22-14-5-2-9(6-11(14)16)7-15(21)17-10-3-4-12-13(8-10)19-20-18-12/h2-6,8H,7H2,1H3,(H,17,21)(H,18,19,20). The highest BCUT2D eigenvalue weighted by atomic mass is 19.1. The Labute approximate surface area is 125 Å². The van der Waals surface area contributed by atoms with Crippen molar-refractivity contribution in [2.75, 3.05) is 12.4 Å². The first-order valence-electron chi connectivity index (χ1n) is 6.58. The predicted molar refractivity (Wildman–Crippen MR) is 79.2 cm³/mol. The molecule has 2 N–H and O–H groups in total. The molecule has 22 heavy (non-hydrogen) atoms. The Kier molecular flexibility index (Phi) is 3.69. The first kappa shape index (κ1) is 14.0. The van der Waals surface area contributed by atoms with Crippen LogP contribution in [0.15, 0.2) is 36.4 Å². The molecule has 0 spiro atoms. The van der Waals surface area contributed by atoms with Gasteiger partial charge in [-0.05, 0) is 35.9 Å². The van der Waals surface area contributed by atoms with Gasteiger partial charge in [0.1, 0.15) is 11.0 Å². The molecule has 0 aliphatic rings. The zero-order chi connectivity index (χ0) is 15.5. The highest BCUT2D eigenvalue weighted by molar-refractivity contribution is 5.94.